The van der Waals surface area contributed by atoms with Crippen LogP contribution in [0.15, 0.2) is 57.8 Å². The van der Waals surface area contributed by atoms with Crippen LogP contribution in [-0.2, 0) is 20.0 Å². The van der Waals surface area contributed by atoms with Crippen molar-refractivity contribution in [1.29, 1.82) is 0 Å². The van der Waals surface area contributed by atoms with Gasteiger partial charge in [-0.25, -0.2) is 8.42 Å². The van der Waals surface area contributed by atoms with Gasteiger partial charge in [-0.3, -0.25) is 0 Å². The third kappa shape index (κ3) is 3.57. The maximum Gasteiger partial charge on any atom is 0.247 e. The molecule has 1 saturated heterocycles. The van der Waals surface area contributed by atoms with Gasteiger partial charge in [0, 0.05) is 30.1 Å². The van der Waals surface area contributed by atoms with E-state index in [9.17, 15) is 8.42 Å². The SMILES string of the molecule is CS(=O)(=O)c1cccc(-c2nnc(C3(c4ccc(Cl)cc4)CCOCC3)o2)c1. The summed E-state index contributed by atoms with van der Waals surface area (Å²) in [4.78, 5) is 0.211. The number of hydrogen-bond donors (Lipinski definition) is 0. The summed E-state index contributed by atoms with van der Waals surface area (Å²) in [6.45, 7) is 1.17. The van der Waals surface area contributed by atoms with Crippen LogP contribution in [0.5, 0.6) is 0 Å². The molecule has 1 fully saturated rings. The van der Waals surface area contributed by atoms with Crippen molar-refractivity contribution < 1.29 is 17.6 Å². The second-order valence-corrected chi connectivity index (χ2v) is 9.37. The number of ether oxygens (including phenoxy) is 1. The van der Waals surface area contributed by atoms with Gasteiger partial charge in [0.1, 0.15) is 0 Å². The summed E-state index contributed by atoms with van der Waals surface area (Å²) in [6.07, 6.45) is 2.59. The van der Waals surface area contributed by atoms with Crippen molar-refractivity contribution in [3.63, 3.8) is 0 Å². The van der Waals surface area contributed by atoms with E-state index in [0.29, 0.717) is 48.4 Å². The molecule has 0 amide bonds. The third-order valence-corrected chi connectivity index (χ3v) is 6.45. The number of hydrogen-bond acceptors (Lipinski definition) is 6. The number of benzene rings is 2. The van der Waals surface area contributed by atoms with Crippen LogP contribution in [0.25, 0.3) is 11.5 Å². The number of halogens is 1. The van der Waals surface area contributed by atoms with Crippen LogP contribution in [0.2, 0.25) is 5.02 Å². The predicted molar refractivity (Wildman–Crippen MR) is 105 cm³/mol. The van der Waals surface area contributed by atoms with Crippen LogP contribution < -0.4 is 0 Å². The molecule has 2 aromatic carbocycles. The van der Waals surface area contributed by atoms with Gasteiger partial charge in [0.05, 0.1) is 10.3 Å². The van der Waals surface area contributed by atoms with Gasteiger partial charge in [-0.15, -0.1) is 10.2 Å². The normalized spacial score (nSPS) is 16.8. The quantitative estimate of drug-likeness (QED) is 0.639. The zero-order valence-corrected chi connectivity index (χ0v) is 16.8. The van der Waals surface area contributed by atoms with Gasteiger partial charge < -0.3 is 9.15 Å². The molecule has 1 aliphatic heterocycles. The predicted octanol–water partition coefficient (Wildman–Crippen LogP) is 3.89. The minimum atomic E-state index is -3.33. The average Bonchev–Trinajstić information content (AvgIpc) is 3.19. The summed E-state index contributed by atoms with van der Waals surface area (Å²) in [7, 11) is -3.33. The Labute approximate surface area is 168 Å². The molecule has 4 rings (SSSR count). The molecule has 1 aliphatic rings. The summed E-state index contributed by atoms with van der Waals surface area (Å²) in [5, 5.41) is 9.18. The molecule has 0 unspecified atom stereocenters. The van der Waals surface area contributed by atoms with Crippen molar-refractivity contribution >= 4 is 21.4 Å². The van der Waals surface area contributed by atoms with Crippen molar-refractivity contribution in [1.82, 2.24) is 10.2 Å². The number of nitrogens with zero attached hydrogens (tertiary/aromatic N) is 2. The molecule has 28 heavy (non-hydrogen) atoms. The average molecular weight is 419 g/mol. The fourth-order valence-electron chi connectivity index (χ4n) is 3.51. The lowest BCUT2D eigenvalue weighted by Crippen LogP contribution is -2.35. The Hall–Kier alpha value is -2.22. The summed E-state index contributed by atoms with van der Waals surface area (Å²) >= 11 is 6.05. The standard InChI is InChI=1S/C20H19ClN2O4S/c1-28(24,25)17-4-2-3-14(13-17)18-22-23-19(27-18)20(9-11-26-12-10-20)15-5-7-16(21)8-6-15/h2-8,13H,9-12H2,1H3. The molecule has 0 radical (unpaired) electrons. The van der Waals surface area contributed by atoms with Crippen molar-refractivity contribution in [3.05, 3.63) is 65.0 Å². The Morgan fingerprint density at radius 2 is 1.75 bits per heavy atom. The summed E-state index contributed by atoms with van der Waals surface area (Å²) in [6, 6.07) is 14.2. The molecule has 6 nitrogen and oxygen atoms in total. The van der Waals surface area contributed by atoms with Gasteiger partial charge in [0.25, 0.3) is 0 Å². The van der Waals surface area contributed by atoms with E-state index in [1.165, 1.54) is 6.26 Å². The van der Waals surface area contributed by atoms with E-state index < -0.39 is 15.3 Å². The Balaban J connectivity index is 1.77. The molecule has 0 bridgehead atoms. The summed E-state index contributed by atoms with van der Waals surface area (Å²) in [5.41, 5.74) is 1.16. The van der Waals surface area contributed by atoms with Gasteiger partial charge in [-0.1, -0.05) is 29.8 Å². The van der Waals surface area contributed by atoms with Gasteiger partial charge >= 0.3 is 0 Å². The van der Waals surface area contributed by atoms with Gasteiger partial charge in [-0.2, -0.15) is 0 Å². The van der Waals surface area contributed by atoms with Gasteiger partial charge in [0.15, 0.2) is 9.84 Å². The fourth-order valence-corrected chi connectivity index (χ4v) is 4.30. The number of rotatable bonds is 4. The van der Waals surface area contributed by atoms with E-state index in [0.717, 1.165) is 5.56 Å². The molecular weight excluding hydrogens is 400 g/mol. The highest BCUT2D eigenvalue weighted by Gasteiger charge is 2.41. The molecule has 0 spiro atoms. The van der Waals surface area contributed by atoms with Crippen LogP contribution in [0.4, 0.5) is 0 Å². The summed E-state index contributed by atoms with van der Waals surface area (Å²) < 4.78 is 35.3. The molecule has 1 aromatic heterocycles. The van der Waals surface area contributed by atoms with Crippen LogP contribution in [0.3, 0.4) is 0 Å². The Kier molecular flexibility index (Phi) is 4.99. The second kappa shape index (κ2) is 7.31. The third-order valence-electron chi connectivity index (χ3n) is 5.09. The lowest BCUT2D eigenvalue weighted by atomic mass is 9.74. The summed E-state index contributed by atoms with van der Waals surface area (Å²) in [5.74, 6) is 0.790. The van der Waals surface area contributed by atoms with E-state index in [2.05, 4.69) is 10.2 Å². The minimum Gasteiger partial charge on any atom is -0.420 e. The van der Waals surface area contributed by atoms with Crippen LogP contribution in [0, 0.1) is 0 Å². The molecule has 0 atom stereocenters. The second-order valence-electron chi connectivity index (χ2n) is 6.91. The van der Waals surface area contributed by atoms with Crippen LogP contribution in [0.1, 0.15) is 24.3 Å². The van der Waals surface area contributed by atoms with Crippen molar-refractivity contribution in [2.45, 2.75) is 23.2 Å². The smallest absolute Gasteiger partial charge is 0.247 e. The minimum absolute atomic E-state index is 0.211. The first-order valence-corrected chi connectivity index (χ1v) is 11.1. The first kappa shape index (κ1) is 19.1. The van der Waals surface area contributed by atoms with E-state index in [-0.39, 0.29) is 4.90 Å². The van der Waals surface area contributed by atoms with E-state index in [4.69, 9.17) is 20.8 Å². The topological polar surface area (TPSA) is 82.3 Å². The van der Waals surface area contributed by atoms with Gasteiger partial charge in [0.2, 0.25) is 11.8 Å². The van der Waals surface area contributed by atoms with E-state index >= 15 is 0 Å². The maximum atomic E-state index is 11.8. The lowest BCUT2D eigenvalue weighted by Gasteiger charge is -2.34. The Bertz CT molecular complexity index is 1090. The molecule has 2 heterocycles. The largest absolute Gasteiger partial charge is 0.420 e. The molecule has 0 aliphatic carbocycles. The van der Waals surface area contributed by atoms with Crippen molar-refractivity contribution in [3.8, 4) is 11.5 Å². The molecule has 146 valence electrons. The highest BCUT2D eigenvalue weighted by atomic mass is 35.5. The van der Waals surface area contributed by atoms with Gasteiger partial charge in [-0.05, 0) is 48.7 Å². The van der Waals surface area contributed by atoms with Crippen molar-refractivity contribution in [2.75, 3.05) is 19.5 Å². The molecule has 3 aromatic rings. The van der Waals surface area contributed by atoms with Crippen molar-refractivity contribution in [2.24, 2.45) is 0 Å². The Morgan fingerprint density at radius 3 is 2.43 bits per heavy atom. The number of aromatic nitrogens is 2. The molecule has 8 heteroatoms. The molecule has 0 saturated carbocycles. The van der Waals surface area contributed by atoms with Crippen LogP contribution in [-0.4, -0.2) is 38.1 Å². The molecule has 0 N–H and O–H groups in total. The fraction of sp³-hybridized carbons (Fsp3) is 0.300. The van der Waals surface area contributed by atoms with E-state index in [1.54, 1.807) is 24.3 Å². The lowest BCUT2D eigenvalue weighted by molar-refractivity contribution is 0.0546. The maximum absolute atomic E-state index is 11.8. The first-order chi connectivity index (χ1) is 13.4. The number of sulfone groups is 1. The monoisotopic (exact) mass is 418 g/mol. The van der Waals surface area contributed by atoms with E-state index in [1.807, 2.05) is 24.3 Å². The highest BCUT2D eigenvalue weighted by Crippen LogP contribution is 2.41. The van der Waals surface area contributed by atoms with Crippen LogP contribution >= 0.6 is 11.6 Å². The zero-order valence-electron chi connectivity index (χ0n) is 15.3. The zero-order chi connectivity index (χ0) is 19.8. The Morgan fingerprint density at radius 1 is 1.04 bits per heavy atom. The highest BCUT2D eigenvalue weighted by molar-refractivity contribution is 7.90. The molecular formula is C20H19ClN2O4S. The first-order valence-electron chi connectivity index (χ1n) is 8.87.